The topological polar surface area (TPSA) is 98.2 Å². The minimum Gasteiger partial charge on any atom is -0.477 e. The zero-order valence-electron chi connectivity index (χ0n) is 18.9. The van der Waals surface area contributed by atoms with Gasteiger partial charge in [-0.05, 0) is 50.4 Å². The Morgan fingerprint density at radius 1 is 1.11 bits per heavy atom. The number of thioether (sulfide) groups is 1. The Morgan fingerprint density at radius 2 is 1.83 bits per heavy atom. The van der Waals surface area contributed by atoms with Crippen LogP contribution in [0.3, 0.4) is 0 Å². The molecule has 4 rings (SSSR count). The number of halogens is 4. The Kier molecular flexibility index (Phi) is 6.80. The van der Waals surface area contributed by atoms with Gasteiger partial charge in [-0.1, -0.05) is 23.4 Å². The maximum absolute atomic E-state index is 15.8. The molecule has 0 aliphatic carbocycles. The molecule has 2 heterocycles. The van der Waals surface area contributed by atoms with E-state index in [-0.39, 0.29) is 27.6 Å². The van der Waals surface area contributed by atoms with E-state index < -0.39 is 49.4 Å². The molecule has 0 bridgehead atoms. The number of carbonyl (C=O) groups excluding carboxylic acids is 1. The van der Waals surface area contributed by atoms with Gasteiger partial charge in [0.1, 0.15) is 22.2 Å². The molecule has 2 aromatic carbocycles. The van der Waals surface area contributed by atoms with E-state index in [1.807, 2.05) is 4.72 Å². The minimum absolute atomic E-state index is 0.0396. The summed E-state index contributed by atoms with van der Waals surface area (Å²) in [5.41, 5.74) is -2.40. The third-order valence-electron chi connectivity index (χ3n) is 5.14. The number of sulfonamides is 1. The second kappa shape index (κ2) is 9.41. The van der Waals surface area contributed by atoms with E-state index in [1.165, 1.54) is 37.9 Å². The van der Waals surface area contributed by atoms with Gasteiger partial charge in [0.05, 0.1) is 11.3 Å². The van der Waals surface area contributed by atoms with E-state index in [0.29, 0.717) is 17.3 Å². The molecule has 0 radical (unpaired) electrons. The molecule has 7 nitrogen and oxygen atoms in total. The molecule has 1 aliphatic heterocycles. The number of carbonyl (C=O) groups is 1. The molecule has 36 heavy (non-hydrogen) atoms. The van der Waals surface area contributed by atoms with Crippen molar-refractivity contribution in [3.8, 4) is 0 Å². The summed E-state index contributed by atoms with van der Waals surface area (Å²) in [6, 6.07) is 5.41. The zero-order valence-corrected chi connectivity index (χ0v) is 21.3. The van der Waals surface area contributed by atoms with Crippen molar-refractivity contribution in [3.63, 3.8) is 0 Å². The highest BCUT2D eigenvalue weighted by atomic mass is 35.5. The molecule has 0 saturated carbocycles. The molecule has 1 aromatic heterocycles. The third-order valence-corrected chi connectivity index (χ3v) is 7.32. The van der Waals surface area contributed by atoms with E-state index in [4.69, 9.17) is 16.3 Å². The quantitative estimate of drug-likeness (QED) is 0.325. The fourth-order valence-electron chi connectivity index (χ4n) is 3.49. The molecular weight excluding hydrogens is 539 g/mol. The van der Waals surface area contributed by atoms with Gasteiger partial charge in [-0.15, -0.1) is 0 Å². The summed E-state index contributed by atoms with van der Waals surface area (Å²) in [7, 11) is -4.70. The average molecular weight is 556 g/mol. The number of nitrogens with zero attached hydrogens (tertiary/aromatic N) is 2. The molecule has 0 spiro atoms. The highest BCUT2D eigenvalue weighted by Gasteiger charge is 2.44. The molecule has 0 atom stereocenters. The molecule has 1 aliphatic rings. The number of ketones is 1. The van der Waals surface area contributed by atoms with Gasteiger partial charge in [-0.2, -0.15) is 0 Å². The summed E-state index contributed by atoms with van der Waals surface area (Å²) in [5.74, 6) is -4.15. The van der Waals surface area contributed by atoms with E-state index in [9.17, 15) is 22.0 Å². The maximum Gasteiger partial charge on any atom is 0.264 e. The average Bonchev–Trinajstić information content (AvgIpc) is 3.04. The lowest BCUT2D eigenvalue weighted by Crippen LogP contribution is -2.29. The number of hydrogen-bond acceptors (Lipinski definition) is 7. The van der Waals surface area contributed by atoms with Crippen LogP contribution in [-0.2, 0) is 19.6 Å². The van der Waals surface area contributed by atoms with Gasteiger partial charge in [0.25, 0.3) is 10.0 Å². The van der Waals surface area contributed by atoms with Gasteiger partial charge < -0.3 is 4.74 Å². The van der Waals surface area contributed by atoms with Crippen LogP contribution < -0.4 is 4.72 Å². The number of benzene rings is 2. The number of anilines is 1. The Morgan fingerprint density at radius 3 is 2.50 bits per heavy atom. The Hall–Kier alpha value is -3.09. The van der Waals surface area contributed by atoms with Crippen LogP contribution in [0.5, 0.6) is 0 Å². The van der Waals surface area contributed by atoms with Gasteiger partial charge in [-0.3, -0.25) is 9.52 Å². The summed E-state index contributed by atoms with van der Waals surface area (Å²) >= 11 is 7.40. The van der Waals surface area contributed by atoms with Crippen molar-refractivity contribution in [2.45, 2.75) is 29.5 Å². The molecule has 0 fully saturated rings. The van der Waals surface area contributed by atoms with Crippen molar-refractivity contribution >= 4 is 56.2 Å². The summed E-state index contributed by atoms with van der Waals surface area (Å²) in [4.78, 5) is 20.7. The molecule has 0 unspecified atom stereocenters. The lowest BCUT2D eigenvalue weighted by Gasteiger charge is -2.17. The van der Waals surface area contributed by atoms with Crippen molar-refractivity contribution in [3.05, 3.63) is 76.3 Å². The van der Waals surface area contributed by atoms with Crippen LogP contribution in [0.2, 0.25) is 5.02 Å². The Labute approximate surface area is 213 Å². The number of aromatic nitrogens is 2. The first-order chi connectivity index (χ1) is 16.8. The molecule has 13 heteroatoms. The number of rotatable bonds is 6. The van der Waals surface area contributed by atoms with Crippen LogP contribution in [0.1, 0.15) is 25.1 Å². The Bertz CT molecular complexity index is 1550. The first kappa shape index (κ1) is 26.0. The molecule has 1 N–H and O–H groups in total. The summed E-state index contributed by atoms with van der Waals surface area (Å²) in [5, 5.41) is 0.252. The molecular formula is C23H17ClF3N3O4S2. The first-order valence-corrected chi connectivity index (χ1v) is 13.3. The fourth-order valence-corrected chi connectivity index (χ4v) is 5.17. The monoisotopic (exact) mass is 555 g/mol. The number of hydrogen-bond donors (Lipinski definition) is 1. The molecule has 188 valence electrons. The summed E-state index contributed by atoms with van der Waals surface area (Å²) in [6.45, 7) is 2.98. The second-order valence-electron chi connectivity index (χ2n) is 8.07. The van der Waals surface area contributed by atoms with Crippen LogP contribution in [0.25, 0.3) is 11.3 Å². The van der Waals surface area contributed by atoms with Gasteiger partial charge in [0, 0.05) is 22.8 Å². The molecule has 0 saturated heterocycles. The third kappa shape index (κ3) is 4.80. The number of nitrogens with one attached hydrogen (secondary N) is 1. The number of Topliss-reactive ketones (excluding diaryl/α,β-unsaturated/α-hetero) is 1. The largest absolute Gasteiger partial charge is 0.477 e. The van der Waals surface area contributed by atoms with E-state index in [0.717, 1.165) is 18.2 Å². The van der Waals surface area contributed by atoms with Crippen molar-refractivity contribution in [1.29, 1.82) is 0 Å². The van der Waals surface area contributed by atoms with Crippen LogP contribution in [0.15, 0.2) is 52.6 Å². The zero-order chi connectivity index (χ0) is 26.4. The maximum atomic E-state index is 15.8. The lowest BCUT2D eigenvalue weighted by molar-refractivity contribution is -0.125. The standard InChI is InChI=1S/C23H17ClF3N3O4S2/c1-23(2)21(31)18(20(34-23)15-6-7-28-22(29-15)35-3)13-8-11(24)9-16(19(13)27)30-36(32,33)17-5-4-12(25)10-14(17)26/h4-10,30H,1-3H3. The summed E-state index contributed by atoms with van der Waals surface area (Å²) in [6.07, 6.45) is 3.20. The number of ether oxygens (including phenoxy) is 1. The van der Waals surface area contributed by atoms with Crippen LogP contribution >= 0.6 is 23.4 Å². The predicted octanol–water partition coefficient (Wildman–Crippen LogP) is 5.32. The Balaban J connectivity index is 1.88. The van der Waals surface area contributed by atoms with Gasteiger partial charge in [0.2, 0.25) is 5.78 Å². The highest BCUT2D eigenvalue weighted by Crippen LogP contribution is 2.43. The molecule has 0 amide bonds. The molecule has 3 aromatic rings. The smallest absolute Gasteiger partial charge is 0.264 e. The van der Waals surface area contributed by atoms with Gasteiger partial charge >= 0.3 is 0 Å². The summed E-state index contributed by atoms with van der Waals surface area (Å²) < 4.78 is 76.4. The first-order valence-electron chi connectivity index (χ1n) is 10.2. The van der Waals surface area contributed by atoms with Crippen molar-refractivity contribution < 1.29 is 31.1 Å². The lowest BCUT2D eigenvalue weighted by atomic mass is 9.92. The van der Waals surface area contributed by atoms with Crippen LogP contribution in [-0.4, -0.2) is 36.0 Å². The van der Waals surface area contributed by atoms with Gasteiger partial charge in [-0.25, -0.2) is 31.6 Å². The highest BCUT2D eigenvalue weighted by molar-refractivity contribution is 7.98. The van der Waals surface area contributed by atoms with Crippen LogP contribution in [0, 0.1) is 17.5 Å². The minimum atomic E-state index is -4.70. The van der Waals surface area contributed by atoms with E-state index >= 15 is 4.39 Å². The second-order valence-corrected chi connectivity index (χ2v) is 10.9. The van der Waals surface area contributed by atoms with Crippen molar-refractivity contribution in [2.75, 3.05) is 11.0 Å². The normalized spacial score (nSPS) is 15.2. The van der Waals surface area contributed by atoms with Crippen LogP contribution in [0.4, 0.5) is 18.9 Å². The SMILES string of the molecule is CSc1nccc(C2=C(c3cc(Cl)cc(NS(=O)(=O)c4ccc(F)cc4F)c3F)C(=O)C(C)(C)O2)n1. The fraction of sp³-hybridized carbons (Fsp3) is 0.174. The predicted molar refractivity (Wildman–Crippen MR) is 129 cm³/mol. The van der Waals surface area contributed by atoms with Crippen molar-refractivity contribution in [1.82, 2.24) is 9.97 Å². The van der Waals surface area contributed by atoms with E-state index in [2.05, 4.69) is 9.97 Å². The van der Waals surface area contributed by atoms with Crippen molar-refractivity contribution in [2.24, 2.45) is 0 Å². The van der Waals surface area contributed by atoms with Gasteiger partial charge in [0.15, 0.2) is 22.3 Å². The van der Waals surface area contributed by atoms with E-state index in [1.54, 1.807) is 6.26 Å².